The normalized spacial score (nSPS) is 22.6. The van der Waals surface area contributed by atoms with Crippen LogP contribution in [0.15, 0.2) is 18.2 Å². The summed E-state index contributed by atoms with van der Waals surface area (Å²) >= 11 is 0. The third-order valence-electron chi connectivity index (χ3n) is 3.27. The Balaban J connectivity index is 2.11. The minimum absolute atomic E-state index is 0.310. The zero-order valence-electron chi connectivity index (χ0n) is 9.57. The van der Waals surface area contributed by atoms with Crippen LogP contribution in [0.4, 0.5) is 10.1 Å². The predicted octanol–water partition coefficient (Wildman–Crippen LogP) is 2.79. The number of hydrogen-bond donors (Lipinski definition) is 0. The Kier molecular flexibility index (Phi) is 2.82. The number of anilines is 1. The molecular weight excluding hydrogens is 203 g/mol. The Bertz CT molecular complexity index is 436. The highest BCUT2D eigenvalue weighted by Crippen LogP contribution is 2.38. The lowest BCUT2D eigenvalue weighted by Gasteiger charge is -2.19. The average Bonchev–Trinajstić information content (AvgIpc) is 2.93. The summed E-state index contributed by atoms with van der Waals surface area (Å²) < 4.78 is 13.7. The van der Waals surface area contributed by atoms with E-state index >= 15 is 0 Å². The number of halogens is 1. The van der Waals surface area contributed by atoms with Gasteiger partial charge in [0.2, 0.25) is 0 Å². The molecule has 0 aromatic heterocycles. The fourth-order valence-electron chi connectivity index (χ4n) is 1.99. The molecule has 1 aliphatic carbocycles. The third-order valence-corrected chi connectivity index (χ3v) is 3.27. The second-order valence-corrected chi connectivity index (χ2v) is 4.63. The van der Waals surface area contributed by atoms with E-state index in [4.69, 9.17) is 5.26 Å². The number of hydrogen-bond acceptors (Lipinski definition) is 2. The lowest BCUT2D eigenvalue weighted by Crippen LogP contribution is -2.21. The molecule has 0 N–H and O–H groups in total. The maximum Gasteiger partial charge on any atom is 0.147 e. The first-order chi connectivity index (χ1) is 7.61. The predicted molar refractivity (Wildman–Crippen MR) is 61.7 cm³/mol. The van der Waals surface area contributed by atoms with E-state index in [2.05, 4.69) is 6.92 Å². The molecule has 0 aliphatic heterocycles. The van der Waals surface area contributed by atoms with Gasteiger partial charge in [-0.15, -0.1) is 0 Å². The smallest absolute Gasteiger partial charge is 0.147 e. The summed E-state index contributed by atoms with van der Waals surface area (Å²) in [5.74, 6) is 1.15. The molecule has 0 saturated heterocycles. The summed E-state index contributed by atoms with van der Waals surface area (Å²) in [6.45, 7) is 3.11. The number of rotatable bonds is 3. The number of nitrogens with zero attached hydrogens (tertiary/aromatic N) is 2. The Hall–Kier alpha value is -1.56. The molecule has 2 unspecified atom stereocenters. The fourth-order valence-corrected chi connectivity index (χ4v) is 1.99. The maximum atomic E-state index is 13.7. The zero-order chi connectivity index (χ0) is 11.7. The van der Waals surface area contributed by atoms with Crippen LogP contribution in [0.1, 0.15) is 18.9 Å². The van der Waals surface area contributed by atoms with Crippen LogP contribution in [0.25, 0.3) is 0 Å². The van der Waals surface area contributed by atoms with Crippen molar-refractivity contribution in [3.05, 3.63) is 29.6 Å². The van der Waals surface area contributed by atoms with E-state index in [0.717, 1.165) is 12.5 Å². The first kappa shape index (κ1) is 10.9. The van der Waals surface area contributed by atoms with E-state index < -0.39 is 0 Å². The van der Waals surface area contributed by atoms with Crippen molar-refractivity contribution in [2.75, 3.05) is 18.5 Å². The minimum Gasteiger partial charge on any atom is -0.372 e. The van der Waals surface area contributed by atoms with E-state index in [1.165, 1.54) is 12.5 Å². The van der Waals surface area contributed by atoms with Crippen molar-refractivity contribution in [1.82, 2.24) is 0 Å². The van der Waals surface area contributed by atoms with Gasteiger partial charge in [0, 0.05) is 13.6 Å². The van der Waals surface area contributed by atoms with Crippen LogP contribution < -0.4 is 4.90 Å². The van der Waals surface area contributed by atoms with Gasteiger partial charge in [-0.3, -0.25) is 0 Å². The summed E-state index contributed by atoms with van der Waals surface area (Å²) in [5.41, 5.74) is 0.951. The van der Waals surface area contributed by atoms with E-state index in [1.807, 2.05) is 18.0 Å². The second-order valence-electron chi connectivity index (χ2n) is 4.63. The molecule has 1 aromatic carbocycles. The first-order valence-electron chi connectivity index (χ1n) is 5.52. The molecule has 3 heteroatoms. The molecule has 84 valence electrons. The lowest BCUT2D eigenvalue weighted by molar-refractivity contribution is 0.616. The van der Waals surface area contributed by atoms with Crippen molar-refractivity contribution < 1.29 is 4.39 Å². The molecule has 0 radical (unpaired) electrons. The largest absolute Gasteiger partial charge is 0.372 e. The van der Waals surface area contributed by atoms with Crippen LogP contribution in [-0.2, 0) is 0 Å². The van der Waals surface area contributed by atoms with Crippen molar-refractivity contribution in [3.8, 4) is 6.07 Å². The first-order valence-corrected chi connectivity index (χ1v) is 5.52. The van der Waals surface area contributed by atoms with Crippen molar-refractivity contribution in [3.63, 3.8) is 0 Å². The van der Waals surface area contributed by atoms with Crippen molar-refractivity contribution >= 4 is 5.69 Å². The summed E-state index contributed by atoms with van der Waals surface area (Å²) in [6, 6.07) is 6.57. The molecule has 1 aromatic rings. The van der Waals surface area contributed by atoms with E-state index in [1.54, 1.807) is 12.1 Å². The topological polar surface area (TPSA) is 27.0 Å². The van der Waals surface area contributed by atoms with Gasteiger partial charge in [0.25, 0.3) is 0 Å². The van der Waals surface area contributed by atoms with Gasteiger partial charge in [0.15, 0.2) is 0 Å². The van der Waals surface area contributed by atoms with Gasteiger partial charge in [-0.1, -0.05) is 6.92 Å². The highest BCUT2D eigenvalue weighted by Gasteiger charge is 2.33. The molecule has 0 spiro atoms. The van der Waals surface area contributed by atoms with Gasteiger partial charge in [0.1, 0.15) is 5.82 Å². The summed E-state index contributed by atoms with van der Waals surface area (Å²) in [5, 5.41) is 8.65. The molecule has 2 nitrogen and oxygen atoms in total. The monoisotopic (exact) mass is 218 g/mol. The summed E-state index contributed by atoms with van der Waals surface area (Å²) in [6.07, 6.45) is 1.24. The molecular formula is C13H15FN2. The Morgan fingerprint density at radius 1 is 1.56 bits per heavy atom. The van der Waals surface area contributed by atoms with Crippen LogP contribution in [0.3, 0.4) is 0 Å². The molecule has 0 bridgehead atoms. The van der Waals surface area contributed by atoms with Crippen LogP contribution in [0.2, 0.25) is 0 Å². The highest BCUT2D eigenvalue weighted by molar-refractivity contribution is 5.50. The van der Waals surface area contributed by atoms with Crippen molar-refractivity contribution in [2.24, 2.45) is 11.8 Å². The van der Waals surface area contributed by atoms with Gasteiger partial charge in [-0.25, -0.2) is 4.39 Å². The van der Waals surface area contributed by atoms with Gasteiger partial charge in [-0.05, 0) is 36.5 Å². The standard InChI is InChI=1S/C13H15FN2/c1-9-5-11(9)8-16(2)13-4-3-10(7-15)6-12(13)14/h3-4,6,9,11H,5,8H2,1-2H3. The Morgan fingerprint density at radius 3 is 2.75 bits per heavy atom. The SMILES string of the molecule is CC1CC1CN(C)c1ccc(C#N)cc1F. The number of nitriles is 1. The van der Waals surface area contributed by atoms with Crippen LogP contribution in [0.5, 0.6) is 0 Å². The molecule has 1 aliphatic rings. The van der Waals surface area contributed by atoms with Crippen molar-refractivity contribution in [1.29, 1.82) is 5.26 Å². The molecule has 1 saturated carbocycles. The van der Waals surface area contributed by atoms with Crippen LogP contribution in [0, 0.1) is 29.0 Å². The molecule has 1 fully saturated rings. The number of benzene rings is 1. The highest BCUT2D eigenvalue weighted by atomic mass is 19.1. The lowest BCUT2D eigenvalue weighted by atomic mass is 10.2. The average molecular weight is 218 g/mol. The molecule has 16 heavy (non-hydrogen) atoms. The maximum absolute atomic E-state index is 13.7. The van der Waals surface area contributed by atoms with Crippen LogP contribution in [-0.4, -0.2) is 13.6 Å². The molecule has 0 heterocycles. The zero-order valence-corrected chi connectivity index (χ0v) is 9.57. The van der Waals surface area contributed by atoms with Gasteiger partial charge >= 0.3 is 0 Å². The van der Waals surface area contributed by atoms with E-state index in [0.29, 0.717) is 17.2 Å². The molecule has 2 rings (SSSR count). The Morgan fingerprint density at radius 2 is 2.25 bits per heavy atom. The quantitative estimate of drug-likeness (QED) is 0.780. The van der Waals surface area contributed by atoms with Gasteiger partial charge < -0.3 is 4.90 Å². The van der Waals surface area contributed by atoms with Crippen LogP contribution >= 0.6 is 0 Å². The summed E-state index contributed by atoms with van der Waals surface area (Å²) in [4.78, 5) is 1.94. The van der Waals surface area contributed by atoms with Crippen molar-refractivity contribution in [2.45, 2.75) is 13.3 Å². The molecule has 0 amide bonds. The second kappa shape index (κ2) is 4.13. The third kappa shape index (κ3) is 2.16. The van der Waals surface area contributed by atoms with E-state index in [9.17, 15) is 4.39 Å². The fraction of sp³-hybridized carbons (Fsp3) is 0.462. The Labute approximate surface area is 95.3 Å². The minimum atomic E-state index is -0.310. The molecule has 2 atom stereocenters. The van der Waals surface area contributed by atoms with Gasteiger partial charge in [0.05, 0.1) is 17.3 Å². The van der Waals surface area contributed by atoms with E-state index in [-0.39, 0.29) is 5.82 Å². The summed E-state index contributed by atoms with van der Waals surface area (Å²) in [7, 11) is 1.90. The van der Waals surface area contributed by atoms with Gasteiger partial charge in [-0.2, -0.15) is 5.26 Å².